The highest BCUT2D eigenvalue weighted by Gasteiger charge is 2.24. The Bertz CT molecular complexity index is 903. The number of aromatic nitrogens is 4. The topological polar surface area (TPSA) is 92.8 Å². The van der Waals surface area contributed by atoms with Crippen LogP contribution in [0.1, 0.15) is 36.0 Å². The molecular weight excluding hydrogens is 354 g/mol. The van der Waals surface area contributed by atoms with Crippen LogP contribution in [0.3, 0.4) is 0 Å². The van der Waals surface area contributed by atoms with Gasteiger partial charge in [0.2, 0.25) is 0 Å². The molecule has 0 atom stereocenters. The number of imidazole rings is 1. The van der Waals surface area contributed by atoms with Crippen LogP contribution in [0.4, 0.5) is 0 Å². The average Bonchev–Trinajstić information content (AvgIpc) is 3.13. The largest absolute Gasteiger partial charge is 0.460 e. The molecule has 4 rings (SSSR count). The summed E-state index contributed by atoms with van der Waals surface area (Å²) in [5, 5.41) is 3.59. The quantitative estimate of drug-likeness (QED) is 0.735. The predicted octanol–water partition coefficient (Wildman–Crippen LogP) is 3.13. The maximum absolute atomic E-state index is 12.5. The van der Waals surface area contributed by atoms with Gasteiger partial charge in [0.1, 0.15) is 6.10 Å². The number of nitrogens with one attached hydrogen (secondary N) is 2. The number of hydrogen-bond acceptors (Lipinski definition) is 5. The second-order valence-corrected chi connectivity index (χ2v) is 6.82. The van der Waals surface area contributed by atoms with E-state index < -0.39 is 0 Å². The lowest BCUT2D eigenvalue weighted by Crippen LogP contribution is -2.39. The lowest BCUT2D eigenvalue weighted by molar-refractivity contribution is 0.0885. The summed E-state index contributed by atoms with van der Waals surface area (Å²) in [4.78, 5) is 27.8. The van der Waals surface area contributed by atoms with Gasteiger partial charge in [-0.1, -0.05) is 11.6 Å². The molecule has 1 amide bonds. The zero-order valence-electron chi connectivity index (χ0n) is 14.0. The van der Waals surface area contributed by atoms with Gasteiger partial charge in [-0.05, 0) is 43.9 Å². The van der Waals surface area contributed by atoms with E-state index in [9.17, 15) is 4.79 Å². The summed E-state index contributed by atoms with van der Waals surface area (Å²) in [5.74, 6) is -0.0631. The van der Waals surface area contributed by atoms with Crippen molar-refractivity contribution in [3.63, 3.8) is 0 Å². The van der Waals surface area contributed by atoms with E-state index in [1.807, 2.05) is 12.1 Å². The summed E-state index contributed by atoms with van der Waals surface area (Å²) in [6.07, 6.45) is 8.13. The Morgan fingerprint density at radius 3 is 2.69 bits per heavy atom. The van der Waals surface area contributed by atoms with Crippen molar-refractivity contribution in [2.75, 3.05) is 0 Å². The number of carbonyl (C=O) groups excluding carboxylic acids is 1. The minimum absolute atomic E-state index is 0.0608. The predicted molar refractivity (Wildman–Crippen MR) is 97.3 cm³/mol. The standard InChI is InChI=1S/C18H18ClN5O2/c19-12-8-20-18(21-9-12)26-14-4-2-13(3-5-14)24-17(25)11-1-6-15-16(7-11)23-10-22-15/h1,6-10,13-14H,2-5H2,(H,22,23)(H,24,25). The van der Waals surface area contributed by atoms with Crippen LogP contribution >= 0.6 is 11.6 Å². The first-order valence-electron chi connectivity index (χ1n) is 8.55. The van der Waals surface area contributed by atoms with Gasteiger partial charge in [0, 0.05) is 11.6 Å². The molecule has 0 radical (unpaired) electrons. The van der Waals surface area contributed by atoms with Crippen molar-refractivity contribution < 1.29 is 9.53 Å². The van der Waals surface area contributed by atoms with E-state index in [0.717, 1.165) is 36.7 Å². The number of fused-ring (bicyclic) bond motifs is 1. The molecule has 1 aliphatic carbocycles. The molecule has 1 saturated carbocycles. The summed E-state index contributed by atoms with van der Waals surface area (Å²) >= 11 is 5.77. The number of nitrogens with zero attached hydrogens (tertiary/aromatic N) is 3. The Labute approximate surface area is 155 Å². The summed E-state index contributed by atoms with van der Waals surface area (Å²) < 4.78 is 5.78. The van der Waals surface area contributed by atoms with Gasteiger partial charge in [0.25, 0.3) is 5.91 Å². The summed E-state index contributed by atoms with van der Waals surface area (Å²) in [6.45, 7) is 0. The lowest BCUT2D eigenvalue weighted by Gasteiger charge is -2.28. The molecule has 0 spiro atoms. The Morgan fingerprint density at radius 1 is 1.15 bits per heavy atom. The third-order valence-electron chi connectivity index (χ3n) is 4.56. The fourth-order valence-corrected chi connectivity index (χ4v) is 3.28. The van der Waals surface area contributed by atoms with Gasteiger partial charge in [-0.25, -0.2) is 15.0 Å². The number of benzene rings is 1. The van der Waals surface area contributed by atoms with E-state index in [1.54, 1.807) is 12.4 Å². The van der Waals surface area contributed by atoms with Crippen molar-refractivity contribution in [1.29, 1.82) is 0 Å². The van der Waals surface area contributed by atoms with Crippen molar-refractivity contribution in [3.05, 3.63) is 47.5 Å². The second kappa shape index (κ2) is 7.29. The van der Waals surface area contributed by atoms with Gasteiger partial charge in [-0.3, -0.25) is 4.79 Å². The van der Waals surface area contributed by atoms with E-state index >= 15 is 0 Å². The first-order chi connectivity index (χ1) is 12.7. The third kappa shape index (κ3) is 3.77. The van der Waals surface area contributed by atoms with E-state index in [1.165, 1.54) is 12.4 Å². The lowest BCUT2D eigenvalue weighted by atomic mass is 9.92. The normalized spacial score (nSPS) is 20.0. The highest BCUT2D eigenvalue weighted by Crippen LogP contribution is 2.23. The smallest absolute Gasteiger partial charge is 0.316 e. The van der Waals surface area contributed by atoms with Crippen LogP contribution in [0.2, 0.25) is 5.02 Å². The number of carbonyl (C=O) groups is 1. The van der Waals surface area contributed by atoms with Crippen LogP contribution in [0, 0.1) is 0 Å². The van der Waals surface area contributed by atoms with Crippen molar-refractivity contribution in [1.82, 2.24) is 25.3 Å². The van der Waals surface area contributed by atoms with Crippen LogP contribution < -0.4 is 10.1 Å². The molecular formula is C18H18ClN5O2. The van der Waals surface area contributed by atoms with E-state index in [2.05, 4.69) is 25.3 Å². The Morgan fingerprint density at radius 2 is 1.92 bits per heavy atom. The number of aromatic amines is 1. The van der Waals surface area contributed by atoms with Crippen LogP contribution in [-0.4, -0.2) is 38.0 Å². The molecule has 7 nitrogen and oxygen atoms in total. The van der Waals surface area contributed by atoms with Gasteiger partial charge in [0.15, 0.2) is 0 Å². The molecule has 1 aromatic carbocycles. The first-order valence-corrected chi connectivity index (χ1v) is 8.93. The van der Waals surface area contributed by atoms with Crippen LogP contribution in [0.15, 0.2) is 36.9 Å². The fraction of sp³-hybridized carbons (Fsp3) is 0.333. The van der Waals surface area contributed by atoms with Crippen LogP contribution in [0.25, 0.3) is 11.0 Å². The molecule has 0 unspecified atom stereocenters. The summed E-state index contributed by atoms with van der Waals surface area (Å²) in [7, 11) is 0. The maximum atomic E-state index is 12.5. The minimum atomic E-state index is -0.0631. The number of ether oxygens (including phenoxy) is 1. The Hall–Kier alpha value is -2.67. The van der Waals surface area contributed by atoms with Gasteiger partial charge in [-0.15, -0.1) is 0 Å². The highest BCUT2D eigenvalue weighted by atomic mass is 35.5. The molecule has 1 fully saturated rings. The molecule has 2 aromatic heterocycles. The zero-order valence-corrected chi connectivity index (χ0v) is 14.7. The molecule has 0 bridgehead atoms. The van der Waals surface area contributed by atoms with Gasteiger partial charge in [0.05, 0.1) is 34.8 Å². The van der Waals surface area contributed by atoms with Crippen molar-refractivity contribution >= 4 is 28.5 Å². The van der Waals surface area contributed by atoms with Crippen LogP contribution in [0.5, 0.6) is 6.01 Å². The maximum Gasteiger partial charge on any atom is 0.316 e. The van der Waals surface area contributed by atoms with Crippen molar-refractivity contribution in [3.8, 4) is 6.01 Å². The molecule has 0 aliphatic heterocycles. The number of amides is 1. The number of H-pyrrole nitrogens is 1. The molecule has 1 aliphatic rings. The Balaban J connectivity index is 1.30. The zero-order chi connectivity index (χ0) is 17.9. The molecule has 134 valence electrons. The third-order valence-corrected chi connectivity index (χ3v) is 4.76. The highest BCUT2D eigenvalue weighted by molar-refractivity contribution is 6.30. The monoisotopic (exact) mass is 371 g/mol. The molecule has 2 N–H and O–H groups in total. The van der Waals surface area contributed by atoms with Gasteiger partial charge in [-0.2, -0.15) is 0 Å². The molecule has 2 heterocycles. The number of hydrogen-bond donors (Lipinski definition) is 2. The summed E-state index contributed by atoms with van der Waals surface area (Å²) in [5.41, 5.74) is 2.34. The van der Waals surface area contributed by atoms with E-state index in [4.69, 9.17) is 16.3 Å². The minimum Gasteiger partial charge on any atom is -0.460 e. The SMILES string of the molecule is O=C(NC1CCC(Oc2ncc(Cl)cn2)CC1)c1ccc2nc[nH]c2c1. The van der Waals surface area contributed by atoms with Crippen molar-refractivity contribution in [2.24, 2.45) is 0 Å². The van der Waals surface area contributed by atoms with Crippen molar-refractivity contribution in [2.45, 2.75) is 37.8 Å². The van der Waals surface area contributed by atoms with E-state index in [0.29, 0.717) is 16.6 Å². The van der Waals surface area contributed by atoms with Crippen LogP contribution in [-0.2, 0) is 0 Å². The number of rotatable bonds is 4. The second-order valence-electron chi connectivity index (χ2n) is 6.38. The number of halogens is 1. The Kier molecular flexibility index (Phi) is 4.71. The average molecular weight is 372 g/mol. The molecule has 0 saturated heterocycles. The van der Waals surface area contributed by atoms with Gasteiger partial charge >= 0.3 is 6.01 Å². The first kappa shape index (κ1) is 16.8. The summed E-state index contributed by atoms with van der Waals surface area (Å²) in [6, 6.07) is 5.95. The fourth-order valence-electron chi connectivity index (χ4n) is 3.18. The molecule has 3 aromatic rings. The van der Waals surface area contributed by atoms with E-state index in [-0.39, 0.29) is 18.1 Å². The molecule has 26 heavy (non-hydrogen) atoms. The van der Waals surface area contributed by atoms with Gasteiger partial charge < -0.3 is 15.0 Å². The molecule has 8 heteroatoms.